The van der Waals surface area contributed by atoms with Crippen molar-refractivity contribution in [2.75, 3.05) is 44.7 Å². The first-order chi connectivity index (χ1) is 8.24. The Labute approximate surface area is 104 Å². The molecule has 0 N–H and O–H groups in total. The molecule has 1 aromatic rings. The van der Waals surface area contributed by atoms with Gasteiger partial charge in [-0.1, -0.05) is 13.0 Å². The highest BCUT2D eigenvalue weighted by molar-refractivity contribution is 5.53. The molecule has 0 bridgehead atoms. The maximum atomic E-state index is 5.38. The van der Waals surface area contributed by atoms with Crippen molar-refractivity contribution in [3.05, 3.63) is 23.8 Å². The molecule has 1 aliphatic heterocycles. The summed E-state index contributed by atoms with van der Waals surface area (Å²) in [4.78, 5) is 4.93. The van der Waals surface area contributed by atoms with Gasteiger partial charge in [0.2, 0.25) is 0 Å². The Morgan fingerprint density at radius 2 is 1.88 bits per heavy atom. The molecule has 0 aromatic heterocycles. The predicted molar refractivity (Wildman–Crippen MR) is 72.1 cm³/mol. The van der Waals surface area contributed by atoms with Crippen LogP contribution in [-0.2, 0) is 0 Å². The molecule has 17 heavy (non-hydrogen) atoms. The highest BCUT2D eigenvalue weighted by atomic mass is 16.5. The van der Waals surface area contributed by atoms with Gasteiger partial charge in [0.25, 0.3) is 0 Å². The lowest BCUT2D eigenvalue weighted by atomic mass is 10.1. The van der Waals surface area contributed by atoms with Crippen molar-refractivity contribution in [3.63, 3.8) is 0 Å². The first-order valence-electron chi connectivity index (χ1n) is 6.36. The lowest BCUT2D eigenvalue weighted by molar-refractivity contribution is 0.271. The third kappa shape index (κ3) is 2.72. The second kappa shape index (κ2) is 5.41. The fraction of sp³-hybridized carbons (Fsp3) is 0.571. The SMILES string of the molecule is CCN1CCN(c2ccc(C)c(OC)c2)CC1. The third-order valence-electron chi connectivity index (χ3n) is 3.58. The van der Waals surface area contributed by atoms with Crippen molar-refractivity contribution in [2.24, 2.45) is 0 Å². The minimum Gasteiger partial charge on any atom is -0.496 e. The fourth-order valence-corrected chi connectivity index (χ4v) is 2.33. The Hall–Kier alpha value is -1.22. The summed E-state index contributed by atoms with van der Waals surface area (Å²) in [7, 11) is 1.74. The van der Waals surface area contributed by atoms with Gasteiger partial charge in [-0.15, -0.1) is 0 Å². The molecule has 1 saturated heterocycles. The molecule has 1 heterocycles. The highest BCUT2D eigenvalue weighted by Crippen LogP contribution is 2.25. The van der Waals surface area contributed by atoms with Gasteiger partial charge in [-0.05, 0) is 25.1 Å². The van der Waals surface area contributed by atoms with Gasteiger partial charge in [0.1, 0.15) is 5.75 Å². The van der Waals surface area contributed by atoms with E-state index in [-0.39, 0.29) is 0 Å². The van der Waals surface area contributed by atoms with Crippen LogP contribution in [0, 0.1) is 6.92 Å². The number of hydrogen-bond acceptors (Lipinski definition) is 3. The Morgan fingerprint density at radius 3 is 2.47 bits per heavy atom. The summed E-state index contributed by atoms with van der Waals surface area (Å²) >= 11 is 0. The van der Waals surface area contributed by atoms with E-state index in [1.54, 1.807) is 7.11 Å². The summed E-state index contributed by atoms with van der Waals surface area (Å²) in [5, 5.41) is 0. The van der Waals surface area contributed by atoms with Crippen LogP contribution in [0.1, 0.15) is 12.5 Å². The Balaban J connectivity index is 2.08. The van der Waals surface area contributed by atoms with Crippen LogP contribution in [0.4, 0.5) is 5.69 Å². The molecular formula is C14H22N2O. The Bertz CT molecular complexity index is 370. The first kappa shape index (κ1) is 12.2. The Kier molecular flexibility index (Phi) is 3.89. The number of methoxy groups -OCH3 is 1. The van der Waals surface area contributed by atoms with Crippen LogP contribution < -0.4 is 9.64 Å². The predicted octanol–water partition coefficient (Wildman–Crippen LogP) is 2.15. The quantitative estimate of drug-likeness (QED) is 0.797. The van der Waals surface area contributed by atoms with E-state index in [4.69, 9.17) is 4.74 Å². The molecule has 1 aromatic carbocycles. The maximum absolute atomic E-state index is 5.38. The van der Waals surface area contributed by atoms with E-state index >= 15 is 0 Å². The summed E-state index contributed by atoms with van der Waals surface area (Å²) in [6.45, 7) is 10.0. The largest absolute Gasteiger partial charge is 0.496 e. The number of ether oxygens (including phenoxy) is 1. The van der Waals surface area contributed by atoms with Crippen LogP contribution >= 0.6 is 0 Å². The molecule has 3 nitrogen and oxygen atoms in total. The van der Waals surface area contributed by atoms with Gasteiger partial charge in [-0.25, -0.2) is 0 Å². The van der Waals surface area contributed by atoms with Crippen LogP contribution in [0.3, 0.4) is 0 Å². The summed E-state index contributed by atoms with van der Waals surface area (Å²) < 4.78 is 5.38. The van der Waals surface area contributed by atoms with Crippen molar-refractivity contribution in [2.45, 2.75) is 13.8 Å². The van der Waals surface area contributed by atoms with Crippen molar-refractivity contribution in [1.82, 2.24) is 4.90 Å². The number of benzene rings is 1. The molecule has 0 aliphatic carbocycles. The minimum atomic E-state index is 0.987. The van der Waals surface area contributed by atoms with E-state index in [9.17, 15) is 0 Å². The van der Waals surface area contributed by atoms with E-state index in [2.05, 4.69) is 41.8 Å². The zero-order chi connectivity index (χ0) is 12.3. The standard InChI is InChI=1S/C14H22N2O/c1-4-15-7-9-16(10-8-15)13-6-5-12(2)14(11-13)17-3/h5-6,11H,4,7-10H2,1-3H3. The van der Waals surface area contributed by atoms with Crippen LogP contribution in [-0.4, -0.2) is 44.7 Å². The molecule has 0 atom stereocenters. The summed E-state index contributed by atoms with van der Waals surface area (Å²) in [6, 6.07) is 6.48. The lowest BCUT2D eigenvalue weighted by Crippen LogP contribution is -2.46. The van der Waals surface area contributed by atoms with Gasteiger partial charge >= 0.3 is 0 Å². The van der Waals surface area contributed by atoms with Crippen molar-refractivity contribution < 1.29 is 4.74 Å². The molecule has 2 rings (SSSR count). The molecule has 1 fully saturated rings. The maximum Gasteiger partial charge on any atom is 0.123 e. The van der Waals surface area contributed by atoms with E-state index in [1.807, 2.05) is 0 Å². The van der Waals surface area contributed by atoms with Gasteiger partial charge in [-0.2, -0.15) is 0 Å². The number of nitrogens with zero attached hydrogens (tertiary/aromatic N) is 2. The van der Waals surface area contributed by atoms with Crippen molar-refractivity contribution in [3.8, 4) is 5.75 Å². The third-order valence-corrected chi connectivity index (χ3v) is 3.58. The van der Waals surface area contributed by atoms with E-state index in [1.165, 1.54) is 11.3 Å². The number of aryl methyl sites for hydroxylation is 1. The fourth-order valence-electron chi connectivity index (χ4n) is 2.33. The zero-order valence-corrected chi connectivity index (χ0v) is 11.1. The number of anilines is 1. The summed E-state index contributed by atoms with van der Waals surface area (Å²) in [5.74, 6) is 0.987. The normalized spacial score (nSPS) is 17.2. The summed E-state index contributed by atoms with van der Waals surface area (Å²) in [5.41, 5.74) is 2.48. The van der Waals surface area contributed by atoms with Gasteiger partial charge in [-0.3, -0.25) is 0 Å². The van der Waals surface area contributed by atoms with Crippen LogP contribution in [0.15, 0.2) is 18.2 Å². The van der Waals surface area contributed by atoms with Crippen molar-refractivity contribution >= 4 is 5.69 Å². The zero-order valence-electron chi connectivity index (χ0n) is 11.1. The molecule has 1 aliphatic rings. The number of hydrogen-bond donors (Lipinski definition) is 0. The van der Waals surface area contributed by atoms with Gasteiger partial charge in [0.05, 0.1) is 7.11 Å². The van der Waals surface area contributed by atoms with Gasteiger partial charge in [0.15, 0.2) is 0 Å². The molecule has 0 amide bonds. The molecule has 3 heteroatoms. The molecular weight excluding hydrogens is 212 g/mol. The van der Waals surface area contributed by atoms with Crippen LogP contribution in [0.2, 0.25) is 0 Å². The summed E-state index contributed by atoms with van der Waals surface area (Å²) in [6.07, 6.45) is 0. The van der Waals surface area contributed by atoms with E-state index in [0.717, 1.165) is 38.5 Å². The molecule has 0 saturated carbocycles. The molecule has 0 radical (unpaired) electrons. The number of piperazine rings is 1. The van der Waals surface area contributed by atoms with E-state index < -0.39 is 0 Å². The second-order valence-electron chi connectivity index (χ2n) is 4.58. The van der Waals surface area contributed by atoms with E-state index in [0.29, 0.717) is 0 Å². The first-order valence-corrected chi connectivity index (χ1v) is 6.36. The Morgan fingerprint density at radius 1 is 1.18 bits per heavy atom. The van der Waals surface area contributed by atoms with Crippen LogP contribution in [0.25, 0.3) is 0 Å². The molecule has 94 valence electrons. The lowest BCUT2D eigenvalue weighted by Gasteiger charge is -2.35. The highest BCUT2D eigenvalue weighted by Gasteiger charge is 2.16. The monoisotopic (exact) mass is 234 g/mol. The molecule has 0 spiro atoms. The van der Waals surface area contributed by atoms with Crippen LogP contribution in [0.5, 0.6) is 5.75 Å². The smallest absolute Gasteiger partial charge is 0.123 e. The number of likely N-dealkylation sites (N-methyl/N-ethyl adjacent to an activating group) is 1. The van der Waals surface area contributed by atoms with Crippen molar-refractivity contribution in [1.29, 1.82) is 0 Å². The van der Waals surface area contributed by atoms with Gasteiger partial charge in [0, 0.05) is 37.9 Å². The van der Waals surface area contributed by atoms with Gasteiger partial charge < -0.3 is 14.5 Å². The second-order valence-corrected chi connectivity index (χ2v) is 4.58. The molecule has 0 unspecified atom stereocenters. The minimum absolute atomic E-state index is 0.987. The number of rotatable bonds is 3. The average molecular weight is 234 g/mol. The topological polar surface area (TPSA) is 15.7 Å². The average Bonchev–Trinajstić information content (AvgIpc) is 2.39.